The maximum absolute atomic E-state index is 14.6. The zero-order chi connectivity index (χ0) is 18.1. The molecule has 3 aromatic rings. The van der Waals surface area contributed by atoms with E-state index in [0.29, 0.717) is 37.4 Å². The summed E-state index contributed by atoms with van der Waals surface area (Å²) < 4.78 is 34.6. The number of hydrogen-bond acceptors (Lipinski definition) is 4. The van der Waals surface area contributed by atoms with Gasteiger partial charge in [-0.15, -0.1) is 0 Å². The van der Waals surface area contributed by atoms with Crippen molar-refractivity contribution in [1.82, 2.24) is 9.88 Å². The molecule has 0 saturated carbocycles. The zero-order valence-corrected chi connectivity index (χ0v) is 14.0. The summed E-state index contributed by atoms with van der Waals surface area (Å²) in [6.45, 7) is 1.97. The number of benzene rings is 2. The van der Waals surface area contributed by atoms with Gasteiger partial charge in [0, 0.05) is 35.8 Å². The first-order valence-electron chi connectivity index (χ1n) is 8.49. The average Bonchev–Trinajstić information content (AvgIpc) is 2.67. The van der Waals surface area contributed by atoms with E-state index in [1.165, 1.54) is 18.2 Å². The highest BCUT2D eigenvalue weighted by molar-refractivity contribution is 5.85. The highest BCUT2D eigenvalue weighted by Gasteiger charge is 2.31. The highest BCUT2D eigenvalue weighted by Crippen LogP contribution is 2.39. The van der Waals surface area contributed by atoms with E-state index < -0.39 is 17.7 Å². The van der Waals surface area contributed by atoms with E-state index in [1.54, 1.807) is 18.3 Å². The fraction of sp³-hybridized carbons (Fsp3) is 0.250. The lowest BCUT2D eigenvalue weighted by molar-refractivity contribution is 0.0223. The topological polar surface area (TPSA) is 45.6 Å². The quantitative estimate of drug-likeness (QED) is 0.778. The molecule has 0 bridgehead atoms. The third-order valence-corrected chi connectivity index (χ3v) is 4.76. The molecule has 4 nitrogen and oxygen atoms in total. The number of aromatic nitrogens is 1. The van der Waals surface area contributed by atoms with E-state index in [9.17, 15) is 13.9 Å². The molecule has 26 heavy (non-hydrogen) atoms. The van der Waals surface area contributed by atoms with Crippen molar-refractivity contribution in [3.63, 3.8) is 0 Å². The molecular weight excluding hydrogens is 338 g/mol. The molecule has 1 aliphatic heterocycles. The van der Waals surface area contributed by atoms with Crippen molar-refractivity contribution >= 4 is 10.9 Å². The molecule has 0 spiro atoms. The predicted octanol–water partition coefficient (Wildman–Crippen LogP) is 3.64. The Morgan fingerprint density at radius 2 is 1.73 bits per heavy atom. The van der Waals surface area contributed by atoms with Crippen LogP contribution in [0.5, 0.6) is 5.75 Å². The van der Waals surface area contributed by atoms with E-state index >= 15 is 0 Å². The molecule has 0 radical (unpaired) electrons. The van der Waals surface area contributed by atoms with Gasteiger partial charge >= 0.3 is 0 Å². The van der Waals surface area contributed by atoms with E-state index in [0.717, 1.165) is 5.39 Å². The normalized spacial score (nSPS) is 16.7. The lowest BCUT2D eigenvalue weighted by Crippen LogP contribution is -2.40. The summed E-state index contributed by atoms with van der Waals surface area (Å²) in [6.07, 6.45) is 1.58. The average molecular weight is 356 g/mol. The van der Waals surface area contributed by atoms with E-state index in [1.807, 2.05) is 17.0 Å². The molecule has 1 N–H and O–H groups in total. The number of halogens is 2. The van der Waals surface area contributed by atoms with Crippen LogP contribution in [-0.2, 0) is 4.74 Å². The first-order valence-corrected chi connectivity index (χ1v) is 8.49. The Morgan fingerprint density at radius 1 is 1.00 bits per heavy atom. The van der Waals surface area contributed by atoms with Gasteiger partial charge in [0.2, 0.25) is 0 Å². The minimum Gasteiger partial charge on any atom is -0.505 e. The van der Waals surface area contributed by atoms with Crippen LogP contribution in [0.1, 0.15) is 17.2 Å². The Morgan fingerprint density at radius 3 is 2.46 bits per heavy atom. The molecule has 2 heterocycles. The number of nitrogens with zero attached hydrogens (tertiary/aromatic N) is 2. The third-order valence-electron chi connectivity index (χ3n) is 4.76. The molecule has 2 aromatic carbocycles. The lowest BCUT2D eigenvalue weighted by atomic mass is 9.93. The van der Waals surface area contributed by atoms with Gasteiger partial charge in [0.1, 0.15) is 22.9 Å². The molecule has 134 valence electrons. The summed E-state index contributed by atoms with van der Waals surface area (Å²) in [5, 5.41) is 11.6. The van der Waals surface area contributed by atoms with Crippen LogP contribution in [0.2, 0.25) is 0 Å². The summed E-state index contributed by atoms with van der Waals surface area (Å²) in [6, 6.07) is 10.2. The van der Waals surface area contributed by atoms with Gasteiger partial charge in [0.25, 0.3) is 0 Å². The van der Waals surface area contributed by atoms with Gasteiger partial charge in [0.05, 0.1) is 19.3 Å². The molecule has 6 heteroatoms. The monoisotopic (exact) mass is 356 g/mol. The smallest absolute Gasteiger partial charge is 0.146 e. The van der Waals surface area contributed by atoms with Crippen LogP contribution in [0.3, 0.4) is 0 Å². The number of fused-ring (bicyclic) bond motifs is 1. The second kappa shape index (κ2) is 6.97. The van der Waals surface area contributed by atoms with Crippen molar-refractivity contribution in [2.45, 2.75) is 6.04 Å². The van der Waals surface area contributed by atoms with Gasteiger partial charge in [-0.2, -0.15) is 0 Å². The maximum Gasteiger partial charge on any atom is 0.146 e. The van der Waals surface area contributed by atoms with Crippen LogP contribution < -0.4 is 0 Å². The molecule has 4 rings (SSSR count). The lowest BCUT2D eigenvalue weighted by Gasteiger charge is -2.35. The van der Waals surface area contributed by atoms with Crippen molar-refractivity contribution in [1.29, 1.82) is 0 Å². The van der Waals surface area contributed by atoms with E-state index in [2.05, 4.69) is 4.98 Å². The Kier molecular flexibility index (Phi) is 4.53. The van der Waals surface area contributed by atoms with Gasteiger partial charge < -0.3 is 9.84 Å². The number of phenols is 1. The number of morpholine rings is 1. The summed E-state index contributed by atoms with van der Waals surface area (Å²) in [5.74, 6) is -1.33. The van der Waals surface area contributed by atoms with Crippen LogP contribution in [0.4, 0.5) is 8.78 Å². The van der Waals surface area contributed by atoms with Crippen LogP contribution in [0.25, 0.3) is 10.9 Å². The predicted molar refractivity (Wildman–Crippen MR) is 94.0 cm³/mol. The summed E-state index contributed by atoms with van der Waals surface area (Å²) >= 11 is 0. The van der Waals surface area contributed by atoms with Gasteiger partial charge in [-0.25, -0.2) is 8.78 Å². The van der Waals surface area contributed by atoms with E-state index in [-0.39, 0.29) is 11.3 Å². The third kappa shape index (κ3) is 2.91. The fourth-order valence-corrected chi connectivity index (χ4v) is 3.51. The first kappa shape index (κ1) is 16.9. The highest BCUT2D eigenvalue weighted by atomic mass is 19.1. The van der Waals surface area contributed by atoms with Crippen LogP contribution >= 0.6 is 0 Å². The number of hydrogen-bond donors (Lipinski definition) is 1. The van der Waals surface area contributed by atoms with Crippen LogP contribution in [0, 0.1) is 11.6 Å². The van der Waals surface area contributed by atoms with Crippen molar-refractivity contribution in [3.8, 4) is 5.75 Å². The van der Waals surface area contributed by atoms with Gasteiger partial charge in [-0.1, -0.05) is 24.3 Å². The largest absolute Gasteiger partial charge is 0.505 e. The fourth-order valence-electron chi connectivity index (χ4n) is 3.51. The molecule has 1 unspecified atom stereocenters. The SMILES string of the molecule is Oc1c(C(c2c(F)cccc2F)N2CCOCC2)ccc2cccnc12. The minimum absolute atomic E-state index is 0.0535. The standard InChI is InChI=1S/C20H18F2N2O2/c21-15-4-1-5-16(22)17(15)19(24-9-11-26-12-10-24)14-7-6-13-3-2-8-23-18(13)20(14)25/h1-8,19,25H,9-12H2. The van der Waals surface area contributed by atoms with Crippen molar-refractivity contribution in [3.05, 3.63) is 71.4 Å². The summed E-state index contributed by atoms with van der Waals surface area (Å²) in [7, 11) is 0. The molecule has 1 aromatic heterocycles. The summed E-state index contributed by atoms with van der Waals surface area (Å²) in [4.78, 5) is 6.15. The maximum atomic E-state index is 14.6. The number of ether oxygens (including phenoxy) is 1. The second-order valence-corrected chi connectivity index (χ2v) is 6.26. The second-order valence-electron chi connectivity index (χ2n) is 6.26. The van der Waals surface area contributed by atoms with E-state index in [4.69, 9.17) is 4.74 Å². The molecule has 0 aliphatic carbocycles. The Balaban J connectivity index is 1.92. The minimum atomic E-state index is -0.758. The van der Waals surface area contributed by atoms with Gasteiger partial charge in [-0.3, -0.25) is 9.88 Å². The van der Waals surface area contributed by atoms with Crippen molar-refractivity contribution < 1.29 is 18.6 Å². The molecular formula is C20H18F2N2O2. The molecule has 1 atom stereocenters. The first-order chi connectivity index (χ1) is 12.7. The number of rotatable bonds is 3. The van der Waals surface area contributed by atoms with Crippen LogP contribution in [0.15, 0.2) is 48.7 Å². The van der Waals surface area contributed by atoms with Gasteiger partial charge in [0.15, 0.2) is 0 Å². The van der Waals surface area contributed by atoms with Crippen LogP contribution in [-0.4, -0.2) is 41.3 Å². The Labute approximate surface area is 149 Å². The number of aromatic hydroxyl groups is 1. The molecule has 1 aliphatic rings. The van der Waals surface area contributed by atoms with Crippen molar-refractivity contribution in [2.24, 2.45) is 0 Å². The number of phenolic OH excluding ortho intramolecular Hbond substituents is 1. The molecule has 1 saturated heterocycles. The molecule has 1 fully saturated rings. The zero-order valence-electron chi connectivity index (χ0n) is 14.0. The number of pyridine rings is 1. The Hall–Kier alpha value is -2.57. The Bertz CT molecular complexity index is 922. The molecule has 0 amide bonds. The summed E-state index contributed by atoms with van der Waals surface area (Å²) in [5.41, 5.74) is 0.780. The van der Waals surface area contributed by atoms with Gasteiger partial charge in [-0.05, 0) is 18.2 Å². The van der Waals surface area contributed by atoms with Crippen molar-refractivity contribution in [2.75, 3.05) is 26.3 Å².